The van der Waals surface area contributed by atoms with Gasteiger partial charge in [0.2, 0.25) is 5.91 Å². The summed E-state index contributed by atoms with van der Waals surface area (Å²) in [6, 6.07) is 0. The van der Waals surface area contributed by atoms with Gasteiger partial charge in [-0.05, 0) is 56.4 Å². The minimum Gasteiger partial charge on any atom is -0.356 e. The van der Waals surface area contributed by atoms with E-state index in [0.29, 0.717) is 17.1 Å². The number of hydrogen-bond donors (Lipinski definition) is 1. The molecule has 0 aromatic carbocycles. The maximum Gasteiger partial charge on any atom is 0.221 e. The van der Waals surface area contributed by atoms with Gasteiger partial charge in [-0.2, -0.15) is 11.8 Å². The van der Waals surface area contributed by atoms with Gasteiger partial charge in [0.15, 0.2) is 0 Å². The van der Waals surface area contributed by atoms with Crippen molar-refractivity contribution in [2.75, 3.05) is 32.9 Å². The van der Waals surface area contributed by atoms with Crippen molar-refractivity contribution in [1.82, 2.24) is 10.2 Å². The Hall–Kier alpha value is -0.220. The topological polar surface area (TPSA) is 32.3 Å². The quantitative estimate of drug-likeness (QED) is 0.143. The highest BCUT2D eigenvalue weighted by atomic mass is 32.2. The SMILES string of the molecule is CCCCCCC(C)(CCCCCC)CSC(CC(=O)NCC(C)(CC)CCCC)CN(C)C. The van der Waals surface area contributed by atoms with E-state index in [1.165, 1.54) is 89.2 Å². The third-order valence-electron chi connectivity index (χ3n) is 7.62. The van der Waals surface area contributed by atoms with Crippen LogP contribution in [0.15, 0.2) is 0 Å². The number of hydrogen-bond acceptors (Lipinski definition) is 3. The van der Waals surface area contributed by atoms with Gasteiger partial charge in [-0.3, -0.25) is 4.79 Å². The van der Waals surface area contributed by atoms with Crippen molar-refractivity contribution in [2.45, 2.75) is 143 Å². The van der Waals surface area contributed by atoms with Gasteiger partial charge in [-0.1, -0.05) is 106 Å². The molecule has 1 N–H and O–H groups in total. The van der Waals surface area contributed by atoms with Crippen molar-refractivity contribution in [2.24, 2.45) is 10.8 Å². The molecule has 2 atom stereocenters. The Kier molecular flexibility index (Phi) is 19.8. The summed E-state index contributed by atoms with van der Waals surface area (Å²) in [5.41, 5.74) is 0.625. The van der Waals surface area contributed by atoms with Crippen LogP contribution in [0.5, 0.6) is 0 Å². The first-order valence-corrected chi connectivity index (χ1v) is 15.7. The highest BCUT2D eigenvalue weighted by Crippen LogP contribution is 2.37. The Bertz CT molecular complexity index is 484. The maximum atomic E-state index is 12.9. The van der Waals surface area contributed by atoms with E-state index in [1.54, 1.807) is 0 Å². The standard InChI is InChI=1S/C30H62N2OS/c1-9-13-16-18-21-30(6,22-19-17-14-10-2)26-34-27(24-32(7)8)23-28(33)31-25-29(5,12-4)20-15-11-3/h27H,9-26H2,1-8H3,(H,31,33). The van der Waals surface area contributed by atoms with E-state index in [0.717, 1.165) is 19.5 Å². The number of nitrogens with one attached hydrogen (secondary N) is 1. The molecule has 0 spiro atoms. The lowest BCUT2D eigenvalue weighted by molar-refractivity contribution is -0.121. The van der Waals surface area contributed by atoms with Gasteiger partial charge in [0.1, 0.15) is 0 Å². The largest absolute Gasteiger partial charge is 0.356 e. The van der Waals surface area contributed by atoms with E-state index >= 15 is 0 Å². The lowest BCUT2D eigenvalue weighted by atomic mass is 9.81. The molecular weight excluding hydrogens is 436 g/mol. The smallest absolute Gasteiger partial charge is 0.221 e. The molecule has 1 amide bonds. The first-order chi connectivity index (χ1) is 16.1. The lowest BCUT2D eigenvalue weighted by Gasteiger charge is -2.32. The summed E-state index contributed by atoms with van der Waals surface area (Å²) in [6.45, 7) is 15.7. The number of rotatable bonds is 23. The average Bonchev–Trinajstić information content (AvgIpc) is 2.80. The van der Waals surface area contributed by atoms with E-state index in [1.807, 2.05) is 0 Å². The van der Waals surface area contributed by atoms with Crippen molar-refractivity contribution in [3.05, 3.63) is 0 Å². The van der Waals surface area contributed by atoms with Crippen molar-refractivity contribution in [3.63, 3.8) is 0 Å². The van der Waals surface area contributed by atoms with Gasteiger partial charge in [-0.15, -0.1) is 0 Å². The minimum absolute atomic E-state index is 0.228. The Morgan fingerprint density at radius 1 is 0.794 bits per heavy atom. The summed E-state index contributed by atoms with van der Waals surface area (Å²) in [6.07, 6.45) is 18.8. The summed E-state index contributed by atoms with van der Waals surface area (Å²) in [5, 5.41) is 3.67. The molecule has 0 heterocycles. The monoisotopic (exact) mass is 498 g/mol. The van der Waals surface area contributed by atoms with E-state index < -0.39 is 0 Å². The van der Waals surface area contributed by atoms with E-state index in [4.69, 9.17) is 0 Å². The average molecular weight is 499 g/mol. The van der Waals surface area contributed by atoms with Crippen molar-refractivity contribution in [3.8, 4) is 0 Å². The Labute approximate surface area is 219 Å². The molecule has 0 aliphatic rings. The van der Waals surface area contributed by atoms with Crippen LogP contribution in [0.4, 0.5) is 0 Å². The fourth-order valence-corrected chi connectivity index (χ4v) is 6.31. The van der Waals surface area contributed by atoms with Gasteiger partial charge in [0.05, 0.1) is 0 Å². The second kappa shape index (κ2) is 19.9. The van der Waals surface area contributed by atoms with Crippen LogP contribution in [0.2, 0.25) is 0 Å². The molecule has 0 aliphatic carbocycles. The summed E-state index contributed by atoms with van der Waals surface area (Å²) in [7, 11) is 4.28. The molecule has 0 aliphatic heterocycles. The first-order valence-electron chi connectivity index (χ1n) is 14.7. The lowest BCUT2D eigenvalue weighted by Crippen LogP contribution is -2.38. The molecule has 0 fully saturated rings. The van der Waals surface area contributed by atoms with Gasteiger partial charge in [-0.25, -0.2) is 0 Å². The number of thioether (sulfide) groups is 1. The van der Waals surface area contributed by atoms with Crippen LogP contribution in [0.25, 0.3) is 0 Å². The molecule has 34 heavy (non-hydrogen) atoms. The molecule has 0 saturated heterocycles. The molecule has 0 aromatic heterocycles. The zero-order valence-corrected chi connectivity index (χ0v) is 25.4. The normalized spacial score (nSPS) is 14.9. The molecule has 204 valence electrons. The number of carbonyl (C=O) groups excluding carboxylic acids is 1. The van der Waals surface area contributed by atoms with Gasteiger partial charge >= 0.3 is 0 Å². The maximum absolute atomic E-state index is 12.9. The highest BCUT2D eigenvalue weighted by Gasteiger charge is 2.27. The van der Waals surface area contributed by atoms with Crippen LogP contribution in [0, 0.1) is 10.8 Å². The predicted molar refractivity (Wildman–Crippen MR) is 156 cm³/mol. The Morgan fingerprint density at radius 2 is 1.32 bits per heavy atom. The van der Waals surface area contributed by atoms with E-state index in [9.17, 15) is 4.79 Å². The zero-order valence-electron chi connectivity index (χ0n) is 24.6. The van der Waals surface area contributed by atoms with Crippen LogP contribution in [-0.2, 0) is 4.79 Å². The Balaban J connectivity index is 4.94. The fourth-order valence-electron chi connectivity index (χ4n) is 4.71. The molecule has 0 bridgehead atoms. The molecule has 0 rings (SSSR count). The van der Waals surface area contributed by atoms with Crippen LogP contribution in [0.3, 0.4) is 0 Å². The first kappa shape index (κ1) is 33.8. The summed E-state index contributed by atoms with van der Waals surface area (Å²) >= 11 is 2.06. The van der Waals surface area contributed by atoms with Crippen molar-refractivity contribution < 1.29 is 4.79 Å². The molecular formula is C30H62N2OS. The minimum atomic E-state index is 0.228. The molecule has 0 aromatic rings. The Morgan fingerprint density at radius 3 is 1.79 bits per heavy atom. The summed E-state index contributed by atoms with van der Waals surface area (Å²) < 4.78 is 0. The summed E-state index contributed by atoms with van der Waals surface area (Å²) in [5.74, 6) is 1.42. The van der Waals surface area contributed by atoms with Crippen LogP contribution >= 0.6 is 11.8 Å². The second-order valence-corrected chi connectivity index (χ2v) is 13.2. The number of carbonyl (C=O) groups is 1. The van der Waals surface area contributed by atoms with Gasteiger partial charge in [0.25, 0.3) is 0 Å². The van der Waals surface area contributed by atoms with Crippen LogP contribution in [0.1, 0.15) is 138 Å². The van der Waals surface area contributed by atoms with E-state index in [-0.39, 0.29) is 11.3 Å². The van der Waals surface area contributed by atoms with Crippen molar-refractivity contribution in [1.29, 1.82) is 0 Å². The van der Waals surface area contributed by atoms with Crippen LogP contribution < -0.4 is 5.32 Å². The molecule has 4 heteroatoms. The second-order valence-electron chi connectivity index (χ2n) is 11.9. The molecule has 2 unspecified atom stereocenters. The number of unbranched alkanes of at least 4 members (excludes halogenated alkanes) is 7. The van der Waals surface area contributed by atoms with E-state index in [2.05, 4.69) is 77.6 Å². The zero-order chi connectivity index (χ0) is 25.9. The molecule has 0 saturated carbocycles. The van der Waals surface area contributed by atoms with Gasteiger partial charge in [0, 0.05) is 24.8 Å². The van der Waals surface area contributed by atoms with Gasteiger partial charge < -0.3 is 10.2 Å². The summed E-state index contributed by atoms with van der Waals surface area (Å²) in [4.78, 5) is 15.2. The molecule has 3 nitrogen and oxygen atoms in total. The fraction of sp³-hybridized carbons (Fsp3) is 0.967. The number of amides is 1. The third-order valence-corrected chi connectivity index (χ3v) is 9.27. The van der Waals surface area contributed by atoms with Crippen molar-refractivity contribution >= 4 is 17.7 Å². The molecule has 0 radical (unpaired) electrons. The third kappa shape index (κ3) is 17.2. The number of nitrogens with zero attached hydrogens (tertiary/aromatic N) is 1. The van der Waals surface area contributed by atoms with Crippen LogP contribution in [-0.4, -0.2) is 49.0 Å². The highest BCUT2D eigenvalue weighted by molar-refractivity contribution is 8.00. The predicted octanol–water partition coefficient (Wildman–Crippen LogP) is 8.71.